The fraction of sp³-hybridized carbons (Fsp3) is 0.824. The van der Waals surface area contributed by atoms with Crippen LogP contribution in [0.2, 0.25) is 0 Å². The average molecular weight is 512 g/mol. The molecule has 1 spiro atoms. The molecule has 0 amide bonds. The summed E-state index contributed by atoms with van der Waals surface area (Å²) in [5.74, 6) is 1.61. The van der Waals surface area contributed by atoms with Gasteiger partial charge in [0.1, 0.15) is 0 Å². The minimum absolute atomic E-state index is 0. The zero-order chi connectivity index (χ0) is 14.8. The van der Waals surface area contributed by atoms with Crippen molar-refractivity contribution in [3.63, 3.8) is 0 Å². The molecule has 0 bridgehead atoms. The van der Waals surface area contributed by atoms with Crippen LogP contribution in [0, 0.1) is 60.2 Å². The first-order valence-electron chi connectivity index (χ1n) is 7.89. The van der Waals surface area contributed by atoms with Crippen molar-refractivity contribution in [2.24, 2.45) is 29.7 Å². The molecule has 2 aliphatic carbocycles. The van der Waals surface area contributed by atoms with Crippen molar-refractivity contribution in [3.8, 4) is 0 Å². The number of aryl methyl sites for hydroxylation is 1. The normalized spacial score (nSPS) is 27.1. The molecule has 0 saturated heterocycles. The van der Waals surface area contributed by atoms with Crippen LogP contribution in [0.15, 0.2) is 6.20 Å². The van der Waals surface area contributed by atoms with E-state index in [0.29, 0.717) is 10.8 Å². The minimum Gasteiger partial charge on any atom is -0.318 e. The van der Waals surface area contributed by atoms with Gasteiger partial charge in [-0.1, -0.05) is 64.0 Å². The van der Waals surface area contributed by atoms with Gasteiger partial charge >= 0.3 is 0 Å². The minimum atomic E-state index is 0. The molecule has 0 N–H and O–H groups in total. The third-order valence-corrected chi connectivity index (χ3v) is 5.88. The van der Waals surface area contributed by atoms with Crippen LogP contribution >= 0.6 is 0 Å². The Morgan fingerprint density at radius 3 is 2.38 bits per heavy atom. The predicted octanol–water partition coefficient (Wildman–Crippen LogP) is 3.76. The summed E-state index contributed by atoms with van der Waals surface area (Å²) in [6.45, 7) is 11.9. The molecule has 21 heavy (non-hydrogen) atoms. The van der Waals surface area contributed by atoms with Gasteiger partial charge in [0.25, 0.3) is 0 Å². The summed E-state index contributed by atoms with van der Waals surface area (Å²) in [5, 5.41) is 8.44. The Morgan fingerprint density at radius 1 is 1.33 bits per heavy atom. The first-order valence-corrected chi connectivity index (χ1v) is 7.89. The summed E-state index contributed by atoms with van der Waals surface area (Å²) in [4.78, 5) is 0. The van der Waals surface area contributed by atoms with Gasteiger partial charge in [-0.25, -0.2) is 0 Å². The van der Waals surface area contributed by atoms with E-state index < -0.39 is 0 Å². The fourth-order valence-electron chi connectivity index (χ4n) is 4.57. The van der Waals surface area contributed by atoms with Gasteiger partial charge in [-0.05, 0) is 6.42 Å². The number of nitrogens with zero attached hydrogens (tertiary/aromatic N) is 3. The quantitative estimate of drug-likeness (QED) is 0.576. The van der Waals surface area contributed by atoms with E-state index in [1.165, 1.54) is 12.8 Å². The number of aromatic nitrogens is 3. The van der Waals surface area contributed by atoms with E-state index >= 15 is 0 Å². The molecular weight excluding hydrogens is 484 g/mol. The maximum Gasteiger partial charge on any atom is 0.0883 e. The Balaban J connectivity index is 0.00000161. The summed E-state index contributed by atoms with van der Waals surface area (Å²) in [6.07, 6.45) is 8.72. The maximum atomic E-state index is 4.34. The first kappa shape index (κ1) is 17.5. The molecule has 4 heteroatoms. The van der Waals surface area contributed by atoms with Crippen molar-refractivity contribution in [1.82, 2.24) is 15.0 Å². The van der Waals surface area contributed by atoms with Gasteiger partial charge in [-0.15, -0.1) is 5.10 Å². The van der Waals surface area contributed by atoms with E-state index in [1.54, 1.807) is 4.68 Å². The summed E-state index contributed by atoms with van der Waals surface area (Å²) < 4.78 is 1.81. The van der Waals surface area contributed by atoms with E-state index in [4.69, 9.17) is 0 Å². The van der Waals surface area contributed by atoms with Crippen LogP contribution in [0.5, 0.6) is 0 Å². The molecule has 2 atom stereocenters. The first-order chi connectivity index (χ1) is 9.16. The van der Waals surface area contributed by atoms with E-state index in [0.717, 1.165) is 24.0 Å². The third kappa shape index (κ3) is 3.00. The van der Waals surface area contributed by atoms with E-state index in [1.807, 2.05) is 7.05 Å². The van der Waals surface area contributed by atoms with E-state index in [9.17, 15) is 0 Å². The number of hydrogen-bond donors (Lipinski definition) is 0. The molecule has 1 aromatic rings. The smallest absolute Gasteiger partial charge is 0.0883 e. The van der Waals surface area contributed by atoms with Crippen molar-refractivity contribution >= 4 is 0 Å². The largest absolute Gasteiger partial charge is 0.318 e. The Bertz CT molecular complexity index is 514. The van der Waals surface area contributed by atoms with Gasteiger partial charge in [-0.3, -0.25) is 4.68 Å². The Hall–Kier alpha value is 0.192. The van der Waals surface area contributed by atoms with Gasteiger partial charge in [0.15, 0.2) is 0 Å². The van der Waals surface area contributed by atoms with Gasteiger partial charge in [0.2, 0.25) is 0 Å². The predicted molar refractivity (Wildman–Crippen MR) is 81.0 cm³/mol. The second-order valence-corrected chi connectivity index (χ2v) is 8.54. The molecule has 0 aliphatic heterocycles. The van der Waals surface area contributed by atoms with E-state index in [-0.39, 0.29) is 36.5 Å². The molecule has 2 saturated carbocycles. The molecule has 2 unspecified atom stereocenters. The second-order valence-electron chi connectivity index (χ2n) is 8.54. The summed E-state index contributed by atoms with van der Waals surface area (Å²) >= 11 is 0. The SMILES string of the molecule is CC1C(C(C)(C)CC(C)(C)c2cn(C)nn2)[CH-]C12CC2.[U]. The van der Waals surface area contributed by atoms with Gasteiger partial charge in [0, 0.05) is 49.8 Å². The third-order valence-electron chi connectivity index (χ3n) is 5.88. The Labute approximate surface area is 153 Å². The van der Waals surface area contributed by atoms with Gasteiger partial charge in [0.05, 0.1) is 5.69 Å². The van der Waals surface area contributed by atoms with Crippen LogP contribution in [0.1, 0.15) is 59.6 Å². The molecule has 0 aromatic carbocycles. The van der Waals surface area contributed by atoms with Crippen LogP contribution in [-0.4, -0.2) is 15.0 Å². The zero-order valence-electron chi connectivity index (χ0n) is 14.3. The molecule has 0 radical (unpaired) electrons. The Morgan fingerprint density at radius 2 is 1.95 bits per heavy atom. The maximum absolute atomic E-state index is 4.34. The monoisotopic (exact) mass is 512 g/mol. The molecule has 2 fully saturated rings. The Kier molecular flexibility index (Phi) is 4.49. The van der Waals surface area contributed by atoms with Crippen LogP contribution in [-0.2, 0) is 12.5 Å². The van der Waals surface area contributed by atoms with Crippen molar-refractivity contribution in [1.29, 1.82) is 0 Å². The molecular formula is C17H28N3U-. The van der Waals surface area contributed by atoms with Crippen molar-refractivity contribution in [2.75, 3.05) is 0 Å². The molecule has 1 aromatic heterocycles. The number of rotatable bonds is 4. The standard InChI is InChI=1S/C17H28N3.U/c1-12-13(9-17(12)7-8-17)15(2,3)11-16(4,5)14-10-20(6)19-18-14;/h9-10,12-13H,7-8,11H2,1-6H3;/q-1;. The molecule has 3 nitrogen and oxygen atoms in total. The zero-order valence-corrected chi connectivity index (χ0v) is 18.4. The molecule has 1 heterocycles. The molecule has 116 valence electrons. The summed E-state index contributed by atoms with van der Waals surface area (Å²) in [5.41, 5.74) is 2.16. The second kappa shape index (κ2) is 5.38. The topological polar surface area (TPSA) is 30.7 Å². The fourth-order valence-corrected chi connectivity index (χ4v) is 4.57. The summed E-state index contributed by atoms with van der Waals surface area (Å²) in [6, 6.07) is 0. The van der Waals surface area contributed by atoms with E-state index in [2.05, 4.69) is 57.5 Å². The van der Waals surface area contributed by atoms with Gasteiger partial charge < -0.3 is 6.42 Å². The van der Waals surface area contributed by atoms with Crippen molar-refractivity contribution < 1.29 is 31.1 Å². The van der Waals surface area contributed by atoms with Crippen LogP contribution < -0.4 is 0 Å². The van der Waals surface area contributed by atoms with Crippen LogP contribution in [0.4, 0.5) is 0 Å². The van der Waals surface area contributed by atoms with Crippen LogP contribution in [0.25, 0.3) is 0 Å². The average Bonchev–Trinajstić information content (AvgIpc) is 3.03. The van der Waals surface area contributed by atoms with Crippen molar-refractivity contribution in [2.45, 2.75) is 59.3 Å². The molecule has 2 aliphatic rings. The summed E-state index contributed by atoms with van der Waals surface area (Å²) in [7, 11) is 1.94. The number of hydrogen-bond acceptors (Lipinski definition) is 2. The van der Waals surface area contributed by atoms with Crippen molar-refractivity contribution in [3.05, 3.63) is 18.3 Å². The molecule has 3 rings (SSSR count). The van der Waals surface area contributed by atoms with Gasteiger partial charge in [-0.2, -0.15) is 11.3 Å². The van der Waals surface area contributed by atoms with Crippen LogP contribution in [0.3, 0.4) is 0 Å².